The monoisotopic (exact) mass is 376 g/mol. The lowest BCUT2D eigenvalue weighted by molar-refractivity contribution is 0.103. The maximum atomic E-state index is 12.4. The summed E-state index contributed by atoms with van der Waals surface area (Å²) < 4.78 is 0. The molecule has 2 aromatic carbocycles. The third-order valence-corrected chi connectivity index (χ3v) is 4.07. The van der Waals surface area contributed by atoms with Crippen molar-refractivity contribution >= 4 is 56.5 Å². The van der Waals surface area contributed by atoms with Gasteiger partial charge in [-0.3, -0.25) is 4.79 Å². The second-order valence-electron chi connectivity index (χ2n) is 3.90. The number of alkyl halides is 1. The van der Waals surface area contributed by atoms with Gasteiger partial charge < -0.3 is 0 Å². The molecule has 0 heterocycles. The van der Waals surface area contributed by atoms with Gasteiger partial charge in [-0.05, 0) is 17.7 Å². The standard InChI is InChI=1S/C14H8BrCl3O/c15-7-8-1-3-9(4-2-8)14(19)13-11(17)5-10(16)6-12(13)18/h1-6H,7H2. The Kier molecular flexibility index (Phi) is 4.91. The Morgan fingerprint density at radius 3 is 2.00 bits per heavy atom. The number of ketones is 1. The van der Waals surface area contributed by atoms with E-state index in [1.165, 1.54) is 12.1 Å². The SMILES string of the molecule is O=C(c1ccc(CBr)cc1)c1c(Cl)cc(Cl)cc1Cl. The minimum atomic E-state index is -0.215. The third kappa shape index (κ3) is 3.32. The molecule has 0 aliphatic carbocycles. The van der Waals surface area contributed by atoms with Crippen LogP contribution < -0.4 is 0 Å². The molecule has 0 aliphatic heterocycles. The molecule has 0 saturated heterocycles. The molecule has 5 heteroatoms. The van der Waals surface area contributed by atoms with Gasteiger partial charge in [-0.25, -0.2) is 0 Å². The van der Waals surface area contributed by atoms with Crippen molar-refractivity contribution in [2.45, 2.75) is 5.33 Å². The fourth-order valence-corrected chi connectivity index (χ4v) is 3.01. The highest BCUT2D eigenvalue weighted by Gasteiger charge is 2.17. The summed E-state index contributed by atoms with van der Waals surface area (Å²) in [6.45, 7) is 0. The van der Waals surface area contributed by atoms with E-state index < -0.39 is 0 Å². The largest absolute Gasteiger partial charge is 0.288 e. The molecule has 0 amide bonds. The van der Waals surface area contributed by atoms with Gasteiger partial charge >= 0.3 is 0 Å². The van der Waals surface area contributed by atoms with Crippen LogP contribution in [-0.4, -0.2) is 5.78 Å². The lowest BCUT2D eigenvalue weighted by Gasteiger charge is -2.07. The van der Waals surface area contributed by atoms with Crippen LogP contribution in [0, 0.1) is 0 Å². The molecule has 0 radical (unpaired) electrons. The van der Waals surface area contributed by atoms with Crippen molar-refractivity contribution < 1.29 is 4.79 Å². The summed E-state index contributed by atoms with van der Waals surface area (Å²) in [5.74, 6) is -0.215. The molecule has 0 aliphatic rings. The number of carbonyl (C=O) groups excluding carboxylic acids is 1. The van der Waals surface area contributed by atoms with Crippen LogP contribution >= 0.6 is 50.7 Å². The Balaban J connectivity index is 2.44. The fraction of sp³-hybridized carbons (Fsp3) is 0.0714. The first-order chi connectivity index (χ1) is 9.02. The minimum Gasteiger partial charge on any atom is -0.288 e. The van der Waals surface area contributed by atoms with Gasteiger partial charge in [0.2, 0.25) is 0 Å². The van der Waals surface area contributed by atoms with Gasteiger partial charge in [-0.1, -0.05) is 75.0 Å². The molecular weight excluding hydrogens is 370 g/mol. The topological polar surface area (TPSA) is 17.1 Å². The van der Waals surface area contributed by atoms with Crippen molar-refractivity contribution in [3.05, 3.63) is 68.2 Å². The Bertz CT molecular complexity index is 600. The highest BCUT2D eigenvalue weighted by Crippen LogP contribution is 2.30. The first-order valence-electron chi connectivity index (χ1n) is 5.37. The van der Waals surface area contributed by atoms with Gasteiger partial charge in [0.25, 0.3) is 0 Å². The Labute approximate surface area is 134 Å². The number of carbonyl (C=O) groups is 1. The van der Waals surface area contributed by atoms with Crippen LogP contribution in [0.3, 0.4) is 0 Å². The van der Waals surface area contributed by atoms with Gasteiger partial charge in [0.15, 0.2) is 5.78 Å². The molecule has 0 N–H and O–H groups in total. The van der Waals surface area contributed by atoms with Gasteiger partial charge in [0.05, 0.1) is 15.6 Å². The number of rotatable bonds is 3. The van der Waals surface area contributed by atoms with Gasteiger partial charge in [0, 0.05) is 15.9 Å². The molecule has 0 atom stereocenters. The minimum absolute atomic E-state index is 0.215. The third-order valence-electron chi connectivity index (χ3n) is 2.60. The molecule has 0 spiro atoms. The predicted molar refractivity (Wildman–Crippen MR) is 84.0 cm³/mol. The van der Waals surface area contributed by atoms with Crippen LogP contribution in [0.5, 0.6) is 0 Å². The smallest absolute Gasteiger partial charge is 0.196 e. The van der Waals surface area contributed by atoms with E-state index >= 15 is 0 Å². The number of hydrogen-bond donors (Lipinski definition) is 0. The highest BCUT2D eigenvalue weighted by molar-refractivity contribution is 9.08. The molecule has 0 fully saturated rings. The van der Waals surface area contributed by atoms with E-state index in [2.05, 4.69) is 15.9 Å². The van der Waals surface area contributed by atoms with E-state index in [4.69, 9.17) is 34.8 Å². The van der Waals surface area contributed by atoms with Gasteiger partial charge in [0.1, 0.15) is 0 Å². The first kappa shape index (κ1) is 14.9. The average molecular weight is 378 g/mol. The lowest BCUT2D eigenvalue weighted by Crippen LogP contribution is -2.03. The molecule has 0 bridgehead atoms. The summed E-state index contributed by atoms with van der Waals surface area (Å²) in [6, 6.07) is 10.3. The van der Waals surface area contributed by atoms with Crippen LogP contribution in [0.1, 0.15) is 21.5 Å². The molecule has 0 unspecified atom stereocenters. The van der Waals surface area contributed by atoms with Crippen LogP contribution in [0.2, 0.25) is 15.1 Å². The van der Waals surface area contributed by atoms with Crippen molar-refractivity contribution in [3.63, 3.8) is 0 Å². The molecule has 98 valence electrons. The normalized spacial score (nSPS) is 10.5. The zero-order chi connectivity index (χ0) is 14.0. The molecule has 2 rings (SSSR count). The summed E-state index contributed by atoms with van der Waals surface area (Å²) in [5, 5.41) is 1.66. The van der Waals surface area contributed by atoms with E-state index in [1.807, 2.05) is 12.1 Å². The molecule has 1 nitrogen and oxygen atoms in total. The molecule has 2 aromatic rings. The van der Waals surface area contributed by atoms with E-state index in [0.29, 0.717) is 10.6 Å². The second kappa shape index (κ2) is 6.27. The maximum absolute atomic E-state index is 12.4. The number of benzene rings is 2. The number of hydrogen-bond acceptors (Lipinski definition) is 1. The maximum Gasteiger partial charge on any atom is 0.196 e. The molecule has 0 aromatic heterocycles. The van der Waals surface area contributed by atoms with Crippen LogP contribution in [-0.2, 0) is 5.33 Å². The van der Waals surface area contributed by atoms with E-state index in [1.54, 1.807) is 12.1 Å². The molecule has 19 heavy (non-hydrogen) atoms. The van der Waals surface area contributed by atoms with Crippen molar-refractivity contribution in [2.24, 2.45) is 0 Å². The van der Waals surface area contributed by atoms with Gasteiger partial charge in [-0.2, -0.15) is 0 Å². The second-order valence-corrected chi connectivity index (χ2v) is 5.72. The summed E-state index contributed by atoms with van der Waals surface area (Å²) in [5.41, 5.74) is 1.90. The summed E-state index contributed by atoms with van der Waals surface area (Å²) in [7, 11) is 0. The Hall–Kier alpha value is -0.540. The van der Waals surface area contributed by atoms with Crippen molar-refractivity contribution in [1.82, 2.24) is 0 Å². The van der Waals surface area contributed by atoms with Crippen molar-refractivity contribution in [2.75, 3.05) is 0 Å². The van der Waals surface area contributed by atoms with E-state index in [-0.39, 0.29) is 21.4 Å². The zero-order valence-corrected chi connectivity index (χ0v) is 13.4. The van der Waals surface area contributed by atoms with E-state index in [0.717, 1.165) is 10.9 Å². The Morgan fingerprint density at radius 1 is 1.00 bits per heavy atom. The molecular formula is C14H8BrCl3O. The Morgan fingerprint density at radius 2 is 1.53 bits per heavy atom. The van der Waals surface area contributed by atoms with Gasteiger partial charge in [-0.15, -0.1) is 0 Å². The lowest BCUT2D eigenvalue weighted by atomic mass is 10.0. The average Bonchev–Trinajstić information content (AvgIpc) is 2.37. The zero-order valence-electron chi connectivity index (χ0n) is 9.59. The summed E-state index contributed by atoms with van der Waals surface area (Å²) >= 11 is 21.3. The molecule has 0 saturated carbocycles. The first-order valence-corrected chi connectivity index (χ1v) is 7.62. The van der Waals surface area contributed by atoms with Crippen molar-refractivity contribution in [1.29, 1.82) is 0 Å². The predicted octanol–water partition coefficient (Wildman–Crippen LogP) is 5.77. The van der Waals surface area contributed by atoms with Crippen LogP contribution in [0.25, 0.3) is 0 Å². The van der Waals surface area contributed by atoms with E-state index in [9.17, 15) is 4.79 Å². The highest BCUT2D eigenvalue weighted by atomic mass is 79.9. The van der Waals surface area contributed by atoms with Crippen LogP contribution in [0.15, 0.2) is 36.4 Å². The fourth-order valence-electron chi connectivity index (χ4n) is 1.65. The quantitative estimate of drug-likeness (QED) is 0.489. The summed E-state index contributed by atoms with van der Waals surface area (Å²) in [4.78, 5) is 12.4. The number of halogens is 4. The van der Waals surface area contributed by atoms with Crippen molar-refractivity contribution in [3.8, 4) is 0 Å². The van der Waals surface area contributed by atoms with Crippen LogP contribution in [0.4, 0.5) is 0 Å². The summed E-state index contributed by atoms with van der Waals surface area (Å²) in [6.07, 6.45) is 0.